The Morgan fingerprint density at radius 1 is 1.50 bits per heavy atom. The van der Waals surface area contributed by atoms with Gasteiger partial charge in [-0.15, -0.1) is 0 Å². The van der Waals surface area contributed by atoms with E-state index in [1.807, 2.05) is 0 Å². The maximum Gasteiger partial charge on any atom is 0.387 e. The van der Waals surface area contributed by atoms with Crippen molar-refractivity contribution in [2.45, 2.75) is 6.61 Å². The summed E-state index contributed by atoms with van der Waals surface area (Å²) in [4.78, 5) is 0. The number of alkyl halides is 2. The van der Waals surface area contributed by atoms with Crippen LogP contribution in [0.15, 0.2) is 18.2 Å². The summed E-state index contributed by atoms with van der Waals surface area (Å²) in [6, 6.07) is 7.10. The molecule has 0 aliphatic heterocycles. The second-order valence-corrected chi connectivity index (χ2v) is 1.95. The van der Waals surface area contributed by atoms with Gasteiger partial charge in [-0.25, -0.2) is 0 Å². The van der Waals surface area contributed by atoms with Crippen molar-refractivity contribution >= 4 is 0 Å². The molecule has 0 saturated carbocycles. The van der Waals surface area contributed by atoms with Crippen LogP contribution < -0.4 is 9.47 Å². The highest BCUT2D eigenvalue weighted by molar-refractivity contribution is 5.38. The quantitative estimate of drug-likeness (QED) is 0.696. The minimum atomic E-state index is -2.84. The Morgan fingerprint density at radius 3 is 2.83 bits per heavy atom. The van der Waals surface area contributed by atoms with Gasteiger partial charge in [0.05, 0.1) is 7.11 Å². The Balaban J connectivity index is 2.82. The van der Waals surface area contributed by atoms with Crippen molar-refractivity contribution in [3.63, 3.8) is 0 Å². The summed E-state index contributed by atoms with van der Waals surface area (Å²) < 4.78 is 32.4. The normalized spacial score (nSPS) is 10.0. The van der Waals surface area contributed by atoms with E-state index in [1.54, 1.807) is 12.1 Å². The van der Waals surface area contributed by atoms with E-state index in [0.717, 1.165) is 0 Å². The largest absolute Gasteiger partial charge is 0.492 e. The van der Waals surface area contributed by atoms with E-state index in [4.69, 9.17) is 4.74 Å². The number of halogens is 2. The van der Waals surface area contributed by atoms with E-state index in [9.17, 15) is 8.78 Å². The smallest absolute Gasteiger partial charge is 0.387 e. The lowest BCUT2D eigenvalue weighted by Gasteiger charge is -2.07. The molecule has 2 nitrogen and oxygen atoms in total. The maximum atomic E-state index is 11.7. The van der Waals surface area contributed by atoms with E-state index < -0.39 is 6.61 Å². The summed E-state index contributed by atoms with van der Waals surface area (Å²) in [5.41, 5.74) is 0. The third-order valence-corrected chi connectivity index (χ3v) is 1.20. The highest BCUT2D eigenvalue weighted by Crippen LogP contribution is 2.26. The van der Waals surface area contributed by atoms with Crippen molar-refractivity contribution in [3.8, 4) is 11.5 Å². The van der Waals surface area contributed by atoms with E-state index in [1.165, 1.54) is 13.2 Å². The zero-order valence-electron chi connectivity index (χ0n) is 6.38. The van der Waals surface area contributed by atoms with Crippen molar-refractivity contribution in [1.29, 1.82) is 0 Å². The lowest BCUT2D eigenvalue weighted by Crippen LogP contribution is -2.03. The summed E-state index contributed by atoms with van der Waals surface area (Å²) in [5.74, 6) is 0.174. The molecule has 0 fully saturated rings. The summed E-state index contributed by atoms with van der Waals surface area (Å²) in [5, 5.41) is 0. The number of hydrogen-bond donors (Lipinski definition) is 0. The third-order valence-electron chi connectivity index (χ3n) is 1.20. The molecule has 0 atom stereocenters. The van der Waals surface area contributed by atoms with Gasteiger partial charge in [-0.05, 0) is 6.07 Å². The van der Waals surface area contributed by atoms with Gasteiger partial charge in [0.1, 0.15) is 0 Å². The lowest BCUT2D eigenvalue weighted by atomic mass is 10.3. The number of methoxy groups -OCH3 is 1. The van der Waals surface area contributed by atoms with E-state index >= 15 is 0 Å². The number of hydrogen-bond acceptors (Lipinski definition) is 2. The summed E-state index contributed by atoms with van der Waals surface area (Å²) in [6.07, 6.45) is 0. The van der Waals surface area contributed by atoms with Crippen LogP contribution in [0.3, 0.4) is 0 Å². The molecule has 12 heavy (non-hydrogen) atoms. The molecule has 0 N–H and O–H groups in total. The molecule has 4 heteroatoms. The first kappa shape index (κ1) is 8.77. The molecule has 1 aromatic rings. The van der Waals surface area contributed by atoms with E-state index in [-0.39, 0.29) is 11.5 Å². The molecule has 0 unspecified atom stereocenters. The van der Waals surface area contributed by atoms with Crippen LogP contribution in [0.2, 0.25) is 0 Å². The number of rotatable bonds is 3. The number of para-hydroxylation sites is 1. The van der Waals surface area contributed by atoms with Crippen LogP contribution in [0, 0.1) is 6.07 Å². The summed E-state index contributed by atoms with van der Waals surface area (Å²) >= 11 is 0. The standard InChI is InChI=1S/C8H7F2O2/c1-11-6-4-2-3-5-7(6)12-8(9)10/h2-3,5,8H,1H3. The summed E-state index contributed by atoms with van der Waals surface area (Å²) in [7, 11) is 1.37. The molecule has 0 spiro atoms. The zero-order chi connectivity index (χ0) is 8.97. The van der Waals surface area contributed by atoms with E-state index in [0.29, 0.717) is 0 Å². The lowest BCUT2D eigenvalue weighted by molar-refractivity contribution is -0.0512. The Kier molecular flexibility index (Phi) is 2.85. The molecule has 0 aromatic heterocycles. The van der Waals surface area contributed by atoms with Gasteiger partial charge < -0.3 is 9.47 Å². The van der Waals surface area contributed by atoms with Gasteiger partial charge in [0.2, 0.25) is 0 Å². The molecule has 1 radical (unpaired) electrons. The van der Waals surface area contributed by atoms with Crippen molar-refractivity contribution in [2.75, 3.05) is 7.11 Å². The van der Waals surface area contributed by atoms with Crippen LogP contribution in [0.1, 0.15) is 0 Å². The number of ether oxygens (including phenoxy) is 2. The van der Waals surface area contributed by atoms with Gasteiger partial charge in [0, 0.05) is 6.07 Å². The first-order chi connectivity index (χ1) is 5.74. The van der Waals surface area contributed by atoms with Crippen LogP contribution in [-0.4, -0.2) is 13.7 Å². The fraction of sp³-hybridized carbons (Fsp3) is 0.250. The van der Waals surface area contributed by atoms with Crippen LogP contribution in [-0.2, 0) is 0 Å². The molecule has 0 aliphatic rings. The predicted octanol–water partition coefficient (Wildman–Crippen LogP) is 2.10. The molecule has 1 rings (SSSR count). The molecule has 0 saturated heterocycles. The minimum absolute atomic E-state index is 0.00463. The molecule has 0 bridgehead atoms. The van der Waals surface area contributed by atoms with Gasteiger partial charge >= 0.3 is 6.61 Å². The Hall–Kier alpha value is -1.32. The van der Waals surface area contributed by atoms with Gasteiger partial charge in [-0.2, -0.15) is 8.78 Å². The Labute approximate surface area is 68.7 Å². The van der Waals surface area contributed by atoms with Gasteiger partial charge in [0.25, 0.3) is 0 Å². The predicted molar refractivity (Wildman–Crippen MR) is 38.5 cm³/mol. The highest BCUT2D eigenvalue weighted by atomic mass is 19.3. The topological polar surface area (TPSA) is 18.5 Å². The minimum Gasteiger partial charge on any atom is -0.492 e. The fourth-order valence-corrected chi connectivity index (χ4v) is 0.754. The van der Waals surface area contributed by atoms with E-state index in [2.05, 4.69) is 10.8 Å². The molecule has 0 heterocycles. The SMILES string of the molecule is COc1[c]cccc1OC(F)F. The van der Waals surface area contributed by atoms with Crippen LogP contribution in [0.5, 0.6) is 11.5 Å². The molecule has 0 aliphatic carbocycles. The summed E-state index contributed by atoms with van der Waals surface area (Å²) in [6.45, 7) is -2.84. The van der Waals surface area contributed by atoms with Gasteiger partial charge in [-0.3, -0.25) is 0 Å². The first-order valence-electron chi connectivity index (χ1n) is 3.23. The second kappa shape index (κ2) is 3.90. The van der Waals surface area contributed by atoms with Crippen molar-refractivity contribution < 1.29 is 18.3 Å². The van der Waals surface area contributed by atoms with Crippen molar-refractivity contribution in [3.05, 3.63) is 24.3 Å². The van der Waals surface area contributed by atoms with Gasteiger partial charge in [0.15, 0.2) is 11.5 Å². The average Bonchev–Trinajstić information content (AvgIpc) is 2.04. The molecular weight excluding hydrogens is 166 g/mol. The Morgan fingerprint density at radius 2 is 2.25 bits per heavy atom. The molecular formula is C8H7F2O2. The van der Waals surface area contributed by atoms with Crippen LogP contribution in [0.25, 0.3) is 0 Å². The number of benzene rings is 1. The van der Waals surface area contributed by atoms with Crippen molar-refractivity contribution in [2.24, 2.45) is 0 Å². The maximum absolute atomic E-state index is 11.7. The molecule has 65 valence electrons. The average molecular weight is 173 g/mol. The monoisotopic (exact) mass is 173 g/mol. The third kappa shape index (κ3) is 2.08. The Bertz CT molecular complexity index is 251. The fourth-order valence-electron chi connectivity index (χ4n) is 0.754. The van der Waals surface area contributed by atoms with Gasteiger partial charge in [-0.1, -0.05) is 12.1 Å². The molecule has 1 aromatic carbocycles. The van der Waals surface area contributed by atoms with Crippen LogP contribution in [0.4, 0.5) is 8.78 Å². The molecule has 0 amide bonds. The second-order valence-electron chi connectivity index (χ2n) is 1.95. The highest BCUT2D eigenvalue weighted by Gasteiger charge is 2.08. The first-order valence-corrected chi connectivity index (χ1v) is 3.23. The zero-order valence-corrected chi connectivity index (χ0v) is 6.38. The van der Waals surface area contributed by atoms with Crippen LogP contribution >= 0.6 is 0 Å². The van der Waals surface area contributed by atoms with Crippen molar-refractivity contribution in [1.82, 2.24) is 0 Å².